The smallest absolute Gasteiger partial charge is 0.170 e. The van der Waals surface area contributed by atoms with E-state index in [9.17, 15) is 0 Å². The van der Waals surface area contributed by atoms with Gasteiger partial charge in [0, 0.05) is 19.9 Å². The van der Waals surface area contributed by atoms with Crippen molar-refractivity contribution in [2.45, 2.75) is 19.9 Å². The Hall–Kier alpha value is -1.14. The number of nitrogens with zero attached hydrogens (tertiary/aromatic N) is 2. The first kappa shape index (κ1) is 12.9. The van der Waals surface area contributed by atoms with Gasteiger partial charge >= 0.3 is 0 Å². The largest absolute Gasteiger partial charge is 0.383 e. The first-order valence-corrected chi connectivity index (χ1v) is 5.73. The molecule has 6 heteroatoms. The maximum Gasteiger partial charge on any atom is 0.170 e. The summed E-state index contributed by atoms with van der Waals surface area (Å²) in [7, 11) is 1.67. The van der Waals surface area contributed by atoms with E-state index in [1.807, 2.05) is 10.9 Å². The molecule has 0 amide bonds. The molecule has 16 heavy (non-hydrogen) atoms. The van der Waals surface area contributed by atoms with E-state index in [4.69, 9.17) is 17.0 Å². The number of ether oxygens (including phenoxy) is 1. The highest BCUT2D eigenvalue weighted by Crippen LogP contribution is 2.04. The Labute approximate surface area is 101 Å². The van der Waals surface area contributed by atoms with Crippen molar-refractivity contribution in [1.29, 1.82) is 0 Å². The van der Waals surface area contributed by atoms with Crippen LogP contribution in [0.4, 0.5) is 5.69 Å². The van der Waals surface area contributed by atoms with Gasteiger partial charge in [-0.05, 0) is 18.6 Å². The molecule has 0 aliphatic carbocycles. The highest BCUT2D eigenvalue weighted by Gasteiger charge is 2.00. The van der Waals surface area contributed by atoms with Crippen LogP contribution < -0.4 is 10.6 Å². The first-order chi connectivity index (χ1) is 7.76. The van der Waals surface area contributed by atoms with Crippen molar-refractivity contribution in [2.75, 3.05) is 25.6 Å². The highest BCUT2D eigenvalue weighted by atomic mass is 32.1. The van der Waals surface area contributed by atoms with E-state index in [2.05, 4.69) is 22.7 Å². The summed E-state index contributed by atoms with van der Waals surface area (Å²) >= 11 is 5.11. The third-order valence-electron chi connectivity index (χ3n) is 1.95. The van der Waals surface area contributed by atoms with Gasteiger partial charge in [0.25, 0.3) is 0 Å². The molecule has 0 saturated carbocycles. The molecule has 0 saturated heterocycles. The van der Waals surface area contributed by atoms with Crippen molar-refractivity contribution in [3.8, 4) is 0 Å². The molecular weight excluding hydrogens is 224 g/mol. The molecule has 0 fully saturated rings. The maximum absolute atomic E-state index is 5.11. The van der Waals surface area contributed by atoms with Crippen LogP contribution in [-0.2, 0) is 11.3 Å². The molecule has 0 spiro atoms. The topological polar surface area (TPSA) is 51.1 Å². The average Bonchev–Trinajstić information content (AvgIpc) is 2.71. The van der Waals surface area contributed by atoms with E-state index in [1.165, 1.54) is 0 Å². The fourth-order valence-corrected chi connectivity index (χ4v) is 1.37. The summed E-state index contributed by atoms with van der Waals surface area (Å²) < 4.78 is 6.78. The summed E-state index contributed by atoms with van der Waals surface area (Å²) in [5.41, 5.74) is 0.893. The normalized spacial score (nSPS) is 10.1. The molecule has 2 N–H and O–H groups in total. The van der Waals surface area contributed by atoms with E-state index in [-0.39, 0.29) is 0 Å². The quantitative estimate of drug-likeness (QED) is 0.735. The van der Waals surface area contributed by atoms with Crippen LogP contribution in [0.2, 0.25) is 0 Å². The monoisotopic (exact) mass is 242 g/mol. The Morgan fingerprint density at radius 3 is 3.12 bits per heavy atom. The molecule has 0 bridgehead atoms. The van der Waals surface area contributed by atoms with Gasteiger partial charge in [-0.1, -0.05) is 6.92 Å². The maximum atomic E-state index is 5.11. The fraction of sp³-hybridized carbons (Fsp3) is 0.600. The number of hydrogen-bond acceptors (Lipinski definition) is 3. The molecule has 90 valence electrons. The van der Waals surface area contributed by atoms with Gasteiger partial charge in [-0.15, -0.1) is 0 Å². The summed E-state index contributed by atoms with van der Waals surface area (Å²) in [6.07, 6.45) is 4.70. The third-order valence-corrected chi connectivity index (χ3v) is 2.20. The van der Waals surface area contributed by atoms with E-state index in [0.717, 1.165) is 25.2 Å². The predicted molar refractivity (Wildman–Crippen MR) is 68.6 cm³/mol. The van der Waals surface area contributed by atoms with E-state index in [1.54, 1.807) is 13.3 Å². The van der Waals surface area contributed by atoms with Crippen LogP contribution in [-0.4, -0.2) is 35.2 Å². The number of rotatable bonds is 6. The minimum Gasteiger partial charge on any atom is -0.383 e. The Balaban J connectivity index is 2.36. The molecule has 1 aromatic rings. The SMILES string of the molecule is CCCNC(=S)Nc1cnn(CCOC)c1. The van der Waals surface area contributed by atoms with Crippen LogP contribution in [0, 0.1) is 0 Å². The third kappa shape index (κ3) is 4.59. The summed E-state index contributed by atoms with van der Waals surface area (Å²) in [6, 6.07) is 0. The summed E-state index contributed by atoms with van der Waals surface area (Å²) in [5, 5.41) is 11.0. The summed E-state index contributed by atoms with van der Waals surface area (Å²) in [5.74, 6) is 0. The molecule has 0 atom stereocenters. The lowest BCUT2D eigenvalue weighted by atomic mass is 10.5. The lowest BCUT2D eigenvalue weighted by Crippen LogP contribution is -2.28. The van der Waals surface area contributed by atoms with Gasteiger partial charge in [0.1, 0.15) is 0 Å². The number of nitrogens with one attached hydrogen (secondary N) is 2. The number of anilines is 1. The number of thiocarbonyl (C=S) groups is 1. The second-order valence-corrected chi connectivity index (χ2v) is 3.77. The highest BCUT2D eigenvalue weighted by molar-refractivity contribution is 7.80. The Morgan fingerprint density at radius 1 is 1.62 bits per heavy atom. The van der Waals surface area contributed by atoms with Crippen molar-refractivity contribution in [3.63, 3.8) is 0 Å². The summed E-state index contributed by atoms with van der Waals surface area (Å²) in [6.45, 7) is 4.37. The van der Waals surface area contributed by atoms with E-state index in [0.29, 0.717) is 11.7 Å². The molecule has 0 aromatic carbocycles. The predicted octanol–water partition coefficient (Wildman–Crippen LogP) is 1.23. The zero-order chi connectivity index (χ0) is 11.8. The number of methoxy groups -OCH3 is 1. The minimum absolute atomic E-state index is 0.633. The van der Waals surface area contributed by atoms with Crippen LogP contribution in [0.15, 0.2) is 12.4 Å². The second-order valence-electron chi connectivity index (χ2n) is 3.37. The Kier molecular flexibility index (Phi) is 5.81. The van der Waals surface area contributed by atoms with Gasteiger partial charge in [0.15, 0.2) is 5.11 Å². The fourth-order valence-electron chi connectivity index (χ4n) is 1.15. The number of aromatic nitrogens is 2. The van der Waals surface area contributed by atoms with Crippen LogP contribution >= 0.6 is 12.2 Å². The molecule has 5 nitrogen and oxygen atoms in total. The Morgan fingerprint density at radius 2 is 2.44 bits per heavy atom. The van der Waals surface area contributed by atoms with Gasteiger partial charge < -0.3 is 15.4 Å². The van der Waals surface area contributed by atoms with Crippen molar-refractivity contribution in [1.82, 2.24) is 15.1 Å². The second kappa shape index (κ2) is 7.19. The summed E-state index contributed by atoms with van der Waals surface area (Å²) in [4.78, 5) is 0. The molecule has 0 aliphatic heterocycles. The first-order valence-electron chi connectivity index (χ1n) is 5.32. The van der Waals surface area contributed by atoms with Gasteiger partial charge in [-0.3, -0.25) is 4.68 Å². The van der Waals surface area contributed by atoms with Gasteiger partial charge in [0.2, 0.25) is 0 Å². The van der Waals surface area contributed by atoms with Crippen molar-refractivity contribution >= 4 is 23.0 Å². The van der Waals surface area contributed by atoms with Crippen molar-refractivity contribution < 1.29 is 4.74 Å². The van der Waals surface area contributed by atoms with Crippen LogP contribution in [0.5, 0.6) is 0 Å². The zero-order valence-corrected chi connectivity index (χ0v) is 10.5. The average molecular weight is 242 g/mol. The molecular formula is C10H18N4OS. The number of hydrogen-bond donors (Lipinski definition) is 2. The van der Waals surface area contributed by atoms with Crippen LogP contribution in [0.1, 0.15) is 13.3 Å². The molecule has 1 aromatic heterocycles. The lowest BCUT2D eigenvalue weighted by Gasteiger charge is -2.06. The van der Waals surface area contributed by atoms with Gasteiger partial charge in [-0.25, -0.2) is 0 Å². The standard InChI is InChI=1S/C10H18N4OS/c1-3-4-11-10(16)13-9-7-12-14(8-9)5-6-15-2/h7-8H,3-6H2,1-2H3,(H2,11,13,16). The molecule has 0 unspecified atom stereocenters. The van der Waals surface area contributed by atoms with Gasteiger partial charge in [0.05, 0.1) is 25.0 Å². The van der Waals surface area contributed by atoms with E-state index >= 15 is 0 Å². The van der Waals surface area contributed by atoms with E-state index < -0.39 is 0 Å². The minimum atomic E-state index is 0.633. The van der Waals surface area contributed by atoms with Crippen LogP contribution in [0.3, 0.4) is 0 Å². The zero-order valence-electron chi connectivity index (χ0n) is 9.69. The van der Waals surface area contributed by atoms with Crippen LogP contribution in [0.25, 0.3) is 0 Å². The molecule has 1 rings (SSSR count). The van der Waals surface area contributed by atoms with Crippen molar-refractivity contribution in [3.05, 3.63) is 12.4 Å². The Bertz CT molecular complexity index is 326. The molecule has 0 aliphatic rings. The van der Waals surface area contributed by atoms with Gasteiger partial charge in [-0.2, -0.15) is 5.10 Å². The molecule has 1 heterocycles. The van der Waals surface area contributed by atoms with Crippen molar-refractivity contribution in [2.24, 2.45) is 0 Å². The lowest BCUT2D eigenvalue weighted by molar-refractivity contribution is 0.183. The molecule has 0 radical (unpaired) electrons.